The lowest BCUT2D eigenvalue weighted by molar-refractivity contribution is 0.182. The molecule has 1 aromatic heterocycles. The van der Waals surface area contributed by atoms with Gasteiger partial charge in [-0.05, 0) is 47.3 Å². The summed E-state index contributed by atoms with van der Waals surface area (Å²) < 4.78 is 28.0. The highest BCUT2D eigenvalue weighted by Gasteiger charge is 2.14. The maximum absolute atomic E-state index is 13.3. The minimum atomic E-state index is -0.747. The van der Waals surface area contributed by atoms with Crippen molar-refractivity contribution in [2.24, 2.45) is 0 Å². The highest BCUT2D eigenvalue weighted by molar-refractivity contribution is 9.10. The first-order valence-corrected chi connectivity index (χ1v) is 7.95. The molecule has 3 rings (SSSR count). The van der Waals surface area contributed by atoms with E-state index in [2.05, 4.69) is 15.9 Å². The molecule has 0 amide bonds. The van der Waals surface area contributed by atoms with E-state index in [4.69, 9.17) is 0 Å². The quantitative estimate of drug-likeness (QED) is 0.671. The van der Waals surface area contributed by atoms with Gasteiger partial charge in [-0.25, -0.2) is 8.78 Å². The van der Waals surface area contributed by atoms with Gasteiger partial charge in [-0.2, -0.15) is 0 Å². The molecule has 1 heterocycles. The highest BCUT2D eigenvalue weighted by atomic mass is 79.9. The lowest BCUT2D eigenvalue weighted by atomic mass is 10.1. The van der Waals surface area contributed by atoms with E-state index in [0.29, 0.717) is 12.0 Å². The molecule has 0 fully saturated rings. The van der Waals surface area contributed by atoms with Gasteiger partial charge in [0.05, 0.1) is 6.10 Å². The molecule has 0 radical (unpaired) electrons. The molecule has 0 bridgehead atoms. The zero-order chi connectivity index (χ0) is 15.0. The van der Waals surface area contributed by atoms with E-state index >= 15 is 0 Å². The third-order valence-corrected chi connectivity index (χ3v) is 5.22. The van der Waals surface area contributed by atoms with E-state index < -0.39 is 6.10 Å². The number of halogens is 3. The lowest BCUT2D eigenvalue weighted by Crippen LogP contribution is -2.00. The average molecular weight is 369 g/mol. The first-order valence-electron chi connectivity index (χ1n) is 6.34. The van der Waals surface area contributed by atoms with Crippen LogP contribution in [0.3, 0.4) is 0 Å². The number of rotatable bonds is 3. The molecule has 1 nitrogen and oxygen atoms in total. The van der Waals surface area contributed by atoms with E-state index in [0.717, 1.165) is 19.4 Å². The smallest absolute Gasteiger partial charge is 0.124 e. The summed E-state index contributed by atoms with van der Waals surface area (Å²) >= 11 is 4.70. The Bertz CT molecular complexity index is 800. The van der Waals surface area contributed by atoms with Crippen molar-refractivity contribution < 1.29 is 13.9 Å². The summed E-state index contributed by atoms with van der Waals surface area (Å²) in [6.07, 6.45) is -0.447. The van der Waals surface area contributed by atoms with Crippen LogP contribution in [-0.2, 0) is 6.42 Å². The molecule has 5 heteroatoms. The summed E-state index contributed by atoms with van der Waals surface area (Å²) in [5.41, 5.74) is 0.700. The maximum Gasteiger partial charge on any atom is 0.124 e. The minimum Gasteiger partial charge on any atom is -0.387 e. The molecule has 0 spiro atoms. The SMILES string of the molecule is OC(Cc1cc(F)ccc1Br)c1cc2ccc(F)cc2s1. The fraction of sp³-hybridized carbons (Fsp3) is 0.125. The van der Waals surface area contributed by atoms with Crippen molar-refractivity contribution >= 4 is 37.4 Å². The van der Waals surface area contributed by atoms with Crippen molar-refractivity contribution in [2.45, 2.75) is 12.5 Å². The average Bonchev–Trinajstić information content (AvgIpc) is 2.86. The van der Waals surface area contributed by atoms with Gasteiger partial charge < -0.3 is 5.11 Å². The van der Waals surface area contributed by atoms with Crippen LogP contribution >= 0.6 is 27.3 Å². The second-order valence-electron chi connectivity index (χ2n) is 4.79. The van der Waals surface area contributed by atoms with Crippen molar-refractivity contribution in [3.63, 3.8) is 0 Å². The largest absolute Gasteiger partial charge is 0.387 e. The molecule has 0 saturated carbocycles. The summed E-state index contributed by atoms with van der Waals surface area (Å²) in [5.74, 6) is -0.628. The van der Waals surface area contributed by atoms with Crippen molar-refractivity contribution in [3.8, 4) is 0 Å². The summed E-state index contributed by atoms with van der Waals surface area (Å²) in [6.45, 7) is 0. The van der Waals surface area contributed by atoms with Gasteiger partial charge in [-0.15, -0.1) is 11.3 Å². The first-order chi connectivity index (χ1) is 10.0. The zero-order valence-corrected chi connectivity index (χ0v) is 13.2. The zero-order valence-electron chi connectivity index (χ0n) is 10.8. The topological polar surface area (TPSA) is 20.2 Å². The number of hydrogen-bond acceptors (Lipinski definition) is 2. The number of aliphatic hydroxyl groups is 1. The second kappa shape index (κ2) is 5.83. The van der Waals surface area contributed by atoms with Crippen molar-refractivity contribution in [2.75, 3.05) is 0 Å². The number of benzene rings is 2. The van der Waals surface area contributed by atoms with Crippen LogP contribution in [0.15, 0.2) is 46.9 Å². The van der Waals surface area contributed by atoms with Gasteiger partial charge in [-0.1, -0.05) is 22.0 Å². The molecule has 2 aromatic carbocycles. The van der Waals surface area contributed by atoms with E-state index in [1.165, 1.54) is 35.6 Å². The Hall–Kier alpha value is -1.30. The van der Waals surface area contributed by atoms with Crippen LogP contribution in [0.5, 0.6) is 0 Å². The van der Waals surface area contributed by atoms with Crippen molar-refractivity contribution in [1.29, 1.82) is 0 Å². The molecule has 1 unspecified atom stereocenters. The predicted octanol–water partition coefficient (Wildman–Crippen LogP) is 5.22. The Kier molecular flexibility index (Phi) is 4.06. The molecule has 3 aromatic rings. The Balaban J connectivity index is 1.89. The van der Waals surface area contributed by atoms with Gasteiger partial charge >= 0.3 is 0 Å². The van der Waals surface area contributed by atoms with Gasteiger partial charge in [0.15, 0.2) is 0 Å². The number of fused-ring (bicyclic) bond motifs is 1. The summed E-state index contributed by atoms with van der Waals surface area (Å²) in [4.78, 5) is 0.742. The number of hydrogen-bond donors (Lipinski definition) is 1. The monoisotopic (exact) mass is 368 g/mol. The molecule has 0 saturated heterocycles. The Morgan fingerprint density at radius 2 is 1.76 bits per heavy atom. The lowest BCUT2D eigenvalue weighted by Gasteiger charge is -2.10. The molecule has 0 aliphatic heterocycles. The third-order valence-electron chi connectivity index (χ3n) is 3.25. The fourth-order valence-electron chi connectivity index (χ4n) is 2.20. The fourth-order valence-corrected chi connectivity index (χ4v) is 3.68. The molecule has 21 heavy (non-hydrogen) atoms. The van der Waals surface area contributed by atoms with Gasteiger partial charge in [0, 0.05) is 20.5 Å². The van der Waals surface area contributed by atoms with Crippen LogP contribution in [0, 0.1) is 11.6 Å². The number of aliphatic hydroxyl groups excluding tert-OH is 1. The van der Waals surface area contributed by atoms with Crippen LogP contribution < -0.4 is 0 Å². The van der Waals surface area contributed by atoms with E-state index in [1.54, 1.807) is 12.1 Å². The third kappa shape index (κ3) is 3.15. The Labute approximate surface area is 133 Å². The van der Waals surface area contributed by atoms with Crippen LogP contribution in [-0.4, -0.2) is 5.11 Å². The molecular weight excluding hydrogens is 358 g/mol. The van der Waals surface area contributed by atoms with E-state index in [-0.39, 0.29) is 11.6 Å². The normalized spacial score (nSPS) is 12.8. The summed E-state index contributed by atoms with van der Waals surface area (Å²) in [7, 11) is 0. The van der Waals surface area contributed by atoms with Gasteiger partial charge in [-0.3, -0.25) is 0 Å². The molecular formula is C16H11BrF2OS. The standard InChI is InChI=1S/C16H11BrF2OS/c17-13-4-3-11(18)5-10(13)6-14(20)16-7-9-1-2-12(19)8-15(9)21-16/h1-5,7-8,14,20H,6H2. The number of thiophene rings is 1. The molecule has 1 atom stereocenters. The van der Waals surface area contributed by atoms with Gasteiger partial charge in [0.25, 0.3) is 0 Å². The molecule has 0 aliphatic rings. The van der Waals surface area contributed by atoms with E-state index in [9.17, 15) is 13.9 Å². The van der Waals surface area contributed by atoms with Gasteiger partial charge in [0.2, 0.25) is 0 Å². The molecule has 0 aliphatic carbocycles. The van der Waals surface area contributed by atoms with Crippen LogP contribution in [0.2, 0.25) is 0 Å². The van der Waals surface area contributed by atoms with Crippen molar-refractivity contribution in [3.05, 3.63) is 69.0 Å². The Morgan fingerprint density at radius 3 is 2.57 bits per heavy atom. The van der Waals surface area contributed by atoms with Crippen molar-refractivity contribution in [1.82, 2.24) is 0 Å². The van der Waals surface area contributed by atoms with Crippen LogP contribution in [0.25, 0.3) is 10.1 Å². The summed E-state index contributed by atoms with van der Waals surface area (Å²) in [6, 6.07) is 10.8. The highest BCUT2D eigenvalue weighted by Crippen LogP contribution is 2.33. The first kappa shape index (κ1) is 14.6. The van der Waals surface area contributed by atoms with Crippen LogP contribution in [0.4, 0.5) is 8.78 Å². The minimum absolute atomic E-state index is 0.293. The molecule has 108 valence electrons. The second-order valence-corrected chi connectivity index (χ2v) is 6.76. The van der Waals surface area contributed by atoms with Gasteiger partial charge in [0.1, 0.15) is 11.6 Å². The predicted molar refractivity (Wildman–Crippen MR) is 84.5 cm³/mol. The maximum atomic E-state index is 13.3. The molecule has 1 N–H and O–H groups in total. The Morgan fingerprint density at radius 1 is 1.05 bits per heavy atom. The van der Waals surface area contributed by atoms with Crippen LogP contribution in [0.1, 0.15) is 16.5 Å². The summed E-state index contributed by atoms with van der Waals surface area (Å²) in [5, 5.41) is 11.2. The van der Waals surface area contributed by atoms with E-state index in [1.807, 2.05) is 6.07 Å².